The van der Waals surface area contributed by atoms with Crippen molar-refractivity contribution >= 4 is 24.8 Å². The van der Waals surface area contributed by atoms with Crippen molar-refractivity contribution in [2.45, 2.75) is 25.1 Å². The molecule has 0 aromatic heterocycles. The van der Waals surface area contributed by atoms with Crippen LogP contribution in [0.1, 0.15) is 24.4 Å². The number of hydrogen-bond donors (Lipinski definition) is 1. The lowest BCUT2D eigenvalue weighted by Gasteiger charge is -2.35. The average Bonchev–Trinajstić information content (AvgIpc) is 2.42. The number of hydrogen-bond acceptors (Lipinski definition) is 2. The van der Waals surface area contributed by atoms with E-state index in [4.69, 9.17) is 0 Å². The van der Waals surface area contributed by atoms with Gasteiger partial charge in [0.05, 0.1) is 0 Å². The van der Waals surface area contributed by atoms with E-state index >= 15 is 0 Å². The maximum absolute atomic E-state index is 13.9. The second-order valence-corrected chi connectivity index (χ2v) is 5.09. The Morgan fingerprint density at radius 2 is 1.57 bits per heavy atom. The van der Waals surface area contributed by atoms with Crippen LogP contribution in [0.2, 0.25) is 0 Å². The van der Waals surface area contributed by atoms with Gasteiger partial charge in [-0.15, -0.1) is 24.8 Å². The maximum Gasteiger partial charge on any atom is 0.389 e. The van der Waals surface area contributed by atoms with E-state index in [1.807, 2.05) is 0 Å². The number of halogens is 7. The number of alkyl halides is 3. The standard InChI is InChI=1S/C14H17F5N2.2ClH/c15-10-2-1-3-11(16)13(10)12(4-5-14(17,18)19)21-8-6-20-7-9-21;;/h1-3,12,20H,4-9H2;2*1H/t12-;;/m1../s1. The minimum absolute atomic E-state index is 0. The van der Waals surface area contributed by atoms with Gasteiger partial charge in [-0.1, -0.05) is 6.07 Å². The van der Waals surface area contributed by atoms with E-state index < -0.39 is 30.3 Å². The van der Waals surface area contributed by atoms with Crippen LogP contribution < -0.4 is 5.32 Å². The van der Waals surface area contributed by atoms with Gasteiger partial charge >= 0.3 is 6.18 Å². The van der Waals surface area contributed by atoms with Gasteiger partial charge in [0, 0.05) is 44.2 Å². The van der Waals surface area contributed by atoms with Crippen LogP contribution in [0.3, 0.4) is 0 Å². The molecule has 0 radical (unpaired) electrons. The molecule has 0 unspecified atom stereocenters. The molecule has 0 spiro atoms. The Kier molecular flexibility index (Phi) is 9.35. The fraction of sp³-hybridized carbons (Fsp3) is 0.571. The van der Waals surface area contributed by atoms with E-state index in [2.05, 4.69) is 5.32 Å². The third-order valence-corrected chi connectivity index (χ3v) is 3.63. The van der Waals surface area contributed by atoms with Gasteiger partial charge in [0.25, 0.3) is 0 Å². The summed E-state index contributed by atoms with van der Waals surface area (Å²) in [4.78, 5) is 1.71. The van der Waals surface area contributed by atoms with E-state index in [9.17, 15) is 22.0 Å². The highest BCUT2D eigenvalue weighted by Crippen LogP contribution is 2.34. The van der Waals surface area contributed by atoms with Crippen molar-refractivity contribution in [1.29, 1.82) is 0 Å². The summed E-state index contributed by atoms with van der Waals surface area (Å²) in [5.41, 5.74) is -0.261. The first kappa shape index (κ1) is 22.4. The van der Waals surface area contributed by atoms with E-state index in [1.165, 1.54) is 6.07 Å². The van der Waals surface area contributed by atoms with Gasteiger partial charge in [-0.05, 0) is 18.6 Å². The fourth-order valence-electron chi connectivity index (χ4n) is 2.63. The highest BCUT2D eigenvalue weighted by Gasteiger charge is 2.33. The summed E-state index contributed by atoms with van der Waals surface area (Å²) >= 11 is 0. The van der Waals surface area contributed by atoms with Crippen LogP contribution >= 0.6 is 24.8 Å². The summed E-state index contributed by atoms with van der Waals surface area (Å²) in [6, 6.07) is 2.49. The van der Waals surface area contributed by atoms with Gasteiger partial charge in [0.15, 0.2) is 0 Å². The van der Waals surface area contributed by atoms with Crippen molar-refractivity contribution in [2.75, 3.05) is 26.2 Å². The molecule has 0 aliphatic carbocycles. The molecule has 1 aromatic rings. The summed E-state index contributed by atoms with van der Waals surface area (Å²) < 4.78 is 65.3. The van der Waals surface area contributed by atoms with Crippen molar-refractivity contribution in [1.82, 2.24) is 10.2 Å². The zero-order valence-electron chi connectivity index (χ0n) is 12.2. The van der Waals surface area contributed by atoms with Crippen LogP contribution in [0.4, 0.5) is 22.0 Å². The predicted octanol–water partition coefficient (Wildman–Crippen LogP) is 4.10. The van der Waals surface area contributed by atoms with Crippen molar-refractivity contribution in [2.24, 2.45) is 0 Å². The molecule has 9 heteroatoms. The van der Waals surface area contributed by atoms with Gasteiger partial charge in [-0.3, -0.25) is 4.90 Å². The lowest BCUT2D eigenvalue weighted by Crippen LogP contribution is -2.45. The Morgan fingerprint density at radius 1 is 1.04 bits per heavy atom. The summed E-state index contributed by atoms with van der Waals surface area (Å²) in [7, 11) is 0. The summed E-state index contributed by atoms with van der Waals surface area (Å²) in [5, 5.41) is 3.07. The van der Waals surface area contributed by atoms with E-state index in [0.717, 1.165) is 12.1 Å². The zero-order chi connectivity index (χ0) is 15.5. The molecule has 23 heavy (non-hydrogen) atoms. The maximum atomic E-state index is 13.9. The molecule has 1 aliphatic heterocycles. The Morgan fingerprint density at radius 3 is 2.04 bits per heavy atom. The normalized spacial score (nSPS) is 17.1. The molecular formula is C14H19Cl2F5N2. The Bertz CT molecular complexity index is 458. The Balaban J connectivity index is 0.00000242. The first-order valence-corrected chi connectivity index (χ1v) is 6.84. The molecule has 1 saturated heterocycles. The molecule has 1 atom stereocenters. The van der Waals surface area contributed by atoms with Crippen molar-refractivity contribution in [3.8, 4) is 0 Å². The molecule has 134 valence electrons. The third-order valence-electron chi connectivity index (χ3n) is 3.63. The highest BCUT2D eigenvalue weighted by atomic mass is 35.5. The van der Waals surface area contributed by atoms with E-state index in [1.54, 1.807) is 4.90 Å². The molecule has 1 heterocycles. The second kappa shape index (κ2) is 9.61. The lowest BCUT2D eigenvalue weighted by atomic mass is 9.98. The molecule has 0 bridgehead atoms. The van der Waals surface area contributed by atoms with Crippen molar-refractivity contribution < 1.29 is 22.0 Å². The monoisotopic (exact) mass is 380 g/mol. The number of benzene rings is 1. The van der Waals surface area contributed by atoms with Gasteiger partial charge in [-0.25, -0.2) is 8.78 Å². The van der Waals surface area contributed by atoms with Crippen LogP contribution in [0.25, 0.3) is 0 Å². The number of nitrogens with one attached hydrogen (secondary N) is 1. The average molecular weight is 381 g/mol. The van der Waals surface area contributed by atoms with Crippen molar-refractivity contribution in [3.63, 3.8) is 0 Å². The first-order chi connectivity index (χ1) is 9.88. The lowest BCUT2D eigenvalue weighted by molar-refractivity contribution is -0.138. The van der Waals surface area contributed by atoms with Gasteiger partial charge in [0.1, 0.15) is 11.6 Å². The molecule has 2 rings (SSSR count). The minimum Gasteiger partial charge on any atom is -0.314 e. The summed E-state index contributed by atoms with van der Waals surface area (Å²) in [5.74, 6) is -1.58. The van der Waals surface area contributed by atoms with Gasteiger partial charge in [0.2, 0.25) is 0 Å². The van der Waals surface area contributed by atoms with Crippen LogP contribution in [0.5, 0.6) is 0 Å². The van der Waals surface area contributed by atoms with Crippen LogP contribution in [0, 0.1) is 11.6 Å². The molecule has 2 nitrogen and oxygen atoms in total. The molecule has 1 fully saturated rings. The minimum atomic E-state index is -4.34. The number of nitrogens with zero attached hydrogens (tertiary/aromatic N) is 1. The third kappa shape index (κ3) is 6.41. The van der Waals surface area contributed by atoms with Gasteiger partial charge in [-0.2, -0.15) is 13.2 Å². The summed E-state index contributed by atoms with van der Waals surface area (Å²) in [6.45, 7) is 2.13. The smallest absolute Gasteiger partial charge is 0.314 e. The van der Waals surface area contributed by atoms with Crippen molar-refractivity contribution in [3.05, 3.63) is 35.4 Å². The summed E-state index contributed by atoms with van der Waals surface area (Å²) in [6.07, 6.45) is -5.75. The van der Waals surface area contributed by atoms with Crippen LogP contribution in [0.15, 0.2) is 18.2 Å². The largest absolute Gasteiger partial charge is 0.389 e. The molecular weight excluding hydrogens is 362 g/mol. The zero-order valence-corrected chi connectivity index (χ0v) is 13.8. The Hall–Kier alpha value is -0.630. The Labute approximate surface area is 144 Å². The molecule has 0 saturated carbocycles. The van der Waals surface area contributed by atoms with Crippen LogP contribution in [-0.2, 0) is 0 Å². The van der Waals surface area contributed by atoms with Gasteiger partial charge < -0.3 is 5.32 Å². The number of rotatable bonds is 4. The van der Waals surface area contributed by atoms with E-state index in [0.29, 0.717) is 26.2 Å². The quantitative estimate of drug-likeness (QED) is 0.791. The highest BCUT2D eigenvalue weighted by molar-refractivity contribution is 5.85. The number of piperazine rings is 1. The van der Waals surface area contributed by atoms with E-state index in [-0.39, 0.29) is 36.8 Å². The first-order valence-electron chi connectivity index (χ1n) is 6.84. The topological polar surface area (TPSA) is 15.3 Å². The van der Waals surface area contributed by atoms with Crippen LogP contribution in [-0.4, -0.2) is 37.3 Å². The second-order valence-electron chi connectivity index (χ2n) is 5.09. The molecule has 1 aliphatic rings. The SMILES string of the molecule is Cl.Cl.Fc1cccc(F)c1[C@@H](CCC(F)(F)F)N1CCNCC1. The fourth-order valence-corrected chi connectivity index (χ4v) is 2.63. The predicted molar refractivity (Wildman–Crippen MR) is 83.3 cm³/mol. The molecule has 1 aromatic carbocycles. The molecule has 1 N–H and O–H groups in total. The molecule has 0 amide bonds.